The van der Waals surface area contributed by atoms with Crippen LogP contribution >= 0.6 is 11.6 Å². The van der Waals surface area contributed by atoms with E-state index < -0.39 is 0 Å². The highest BCUT2D eigenvalue weighted by Crippen LogP contribution is 2.41. The number of rotatable bonds is 3. The van der Waals surface area contributed by atoms with Crippen molar-refractivity contribution >= 4 is 17.6 Å². The van der Waals surface area contributed by atoms with Crippen LogP contribution in [0.1, 0.15) is 37.2 Å². The molecule has 2 amide bonds. The summed E-state index contributed by atoms with van der Waals surface area (Å²) in [5.41, 5.74) is 1.20. The lowest BCUT2D eigenvalue weighted by molar-refractivity contribution is 0.0981. The van der Waals surface area contributed by atoms with Gasteiger partial charge in [0.15, 0.2) is 0 Å². The predicted octanol–water partition coefficient (Wildman–Crippen LogP) is 2.82. The Bertz CT molecular complexity index is 565. The molecule has 3 fully saturated rings. The Balaban J connectivity index is 1.29. The second-order valence-corrected chi connectivity index (χ2v) is 6.77. The molecule has 0 radical (unpaired) electrons. The van der Waals surface area contributed by atoms with Crippen molar-refractivity contribution in [2.24, 2.45) is 0 Å². The highest BCUT2D eigenvalue weighted by molar-refractivity contribution is 6.30. The van der Waals surface area contributed by atoms with E-state index in [0.717, 1.165) is 30.7 Å². The van der Waals surface area contributed by atoms with Gasteiger partial charge in [-0.25, -0.2) is 4.79 Å². The molecule has 2 saturated heterocycles. The molecule has 4 rings (SSSR count). The van der Waals surface area contributed by atoms with E-state index in [1.807, 2.05) is 18.2 Å². The average Bonchev–Trinajstić information content (AvgIpc) is 2.90. The van der Waals surface area contributed by atoms with Gasteiger partial charge in [-0.2, -0.15) is 0 Å². The van der Waals surface area contributed by atoms with Gasteiger partial charge in [-0.15, -0.1) is 0 Å². The van der Waals surface area contributed by atoms with Crippen LogP contribution in [0.15, 0.2) is 24.3 Å². The second kappa shape index (κ2) is 5.18. The van der Waals surface area contributed by atoms with Crippen LogP contribution in [0.5, 0.6) is 0 Å². The molecule has 0 spiro atoms. The van der Waals surface area contributed by atoms with E-state index in [1.165, 1.54) is 5.56 Å². The quantitative estimate of drug-likeness (QED) is 0.902. The maximum absolute atomic E-state index is 12.1. The minimum atomic E-state index is -0.0642. The predicted molar refractivity (Wildman–Crippen MR) is 80.6 cm³/mol. The summed E-state index contributed by atoms with van der Waals surface area (Å²) in [5, 5.41) is 6.88. The first-order valence-electron chi connectivity index (χ1n) is 7.67. The van der Waals surface area contributed by atoms with E-state index in [2.05, 4.69) is 16.7 Å². The van der Waals surface area contributed by atoms with Gasteiger partial charge >= 0.3 is 6.03 Å². The fourth-order valence-corrected chi connectivity index (χ4v) is 3.83. The number of fused-ring (bicyclic) bond motifs is 2. The molecule has 21 heavy (non-hydrogen) atoms. The Kier molecular flexibility index (Phi) is 3.31. The maximum Gasteiger partial charge on any atom is 0.315 e. The van der Waals surface area contributed by atoms with Crippen LogP contribution in [0, 0.1) is 0 Å². The van der Waals surface area contributed by atoms with Gasteiger partial charge in [0.2, 0.25) is 0 Å². The monoisotopic (exact) mass is 306 g/mol. The molecule has 1 aliphatic carbocycles. The molecule has 1 aromatic carbocycles. The number of hydrogen-bond donors (Lipinski definition) is 2. The van der Waals surface area contributed by atoms with Gasteiger partial charge < -0.3 is 15.4 Å². The van der Waals surface area contributed by atoms with Crippen molar-refractivity contribution in [3.63, 3.8) is 0 Å². The van der Waals surface area contributed by atoms with Gasteiger partial charge in [0, 0.05) is 17.0 Å². The molecule has 112 valence electrons. The van der Waals surface area contributed by atoms with Crippen molar-refractivity contribution in [2.45, 2.75) is 55.9 Å². The zero-order valence-corrected chi connectivity index (χ0v) is 12.5. The summed E-state index contributed by atoms with van der Waals surface area (Å²) in [7, 11) is 0. The van der Waals surface area contributed by atoms with E-state index in [9.17, 15) is 4.79 Å². The number of carbonyl (C=O) groups is 1. The Morgan fingerprint density at radius 3 is 2.76 bits per heavy atom. The molecule has 5 heteroatoms. The molecule has 1 saturated carbocycles. The van der Waals surface area contributed by atoms with Crippen LogP contribution in [-0.2, 0) is 4.74 Å². The lowest BCUT2D eigenvalue weighted by atomic mass is 9.96. The summed E-state index contributed by atoms with van der Waals surface area (Å²) in [5.74, 6) is 0.394. The van der Waals surface area contributed by atoms with Gasteiger partial charge in [0.05, 0.1) is 18.2 Å². The zero-order valence-electron chi connectivity index (χ0n) is 11.7. The van der Waals surface area contributed by atoms with E-state index in [-0.39, 0.29) is 24.2 Å². The van der Waals surface area contributed by atoms with Crippen molar-refractivity contribution in [3.05, 3.63) is 34.9 Å². The summed E-state index contributed by atoms with van der Waals surface area (Å²) in [4.78, 5) is 12.1. The first kappa shape index (κ1) is 13.4. The Labute approximate surface area is 129 Å². The summed E-state index contributed by atoms with van der Waals surface area (Å²) in [6.07, 6.45) is 4.75. The summed E-state index contributed by atoms with van der Waals surface area (Å²) in [6, 6.07) is 8.23. The molecule has 5 atom stereocenters. The minimum absolute atomic E-state index is 0.0642. The Morgan fingerprint density at radius 1 is 1.19 bits per heavy atom. The third-order valence-electron chi connectivity index (χ3n) is 4.81. The number of halogens is 1. The normalized spacial score (nSPS) is 36.5. The molecule has 2 bridgehead atoms. The molecule has 2 N–H and O–H groups in total. The minimum Gasteiger partial charge on any atom is -0.373 e. The highest BCUT2D eigenvalue weighted by atomic mass is 35.5. The van der Waals surface area contributed by atoms with Gasteiger partial charge in [-0.3, -0.25) is 0 Å². The summed E-state index contributed by atoms with van der Waals surface area (Å²) in [6.45, 7) is 0. The molecular formula is C16H19ClN2O2. The zero-order chi connectivity index (χ0) is 14.4. The Hall–Kier alpha value is -1.26. The first-order chi connectivity index (χ1) is 10.2. The van der Waals surface area contributed by atoms with Crippen LogP contribution in [0.2, 0.25) is 5.02 Å². The van der Waals surface area contributed by atoms with Gasteiger partial charge in [-0.05, 0) is 43.4 Å². The van der Waals surface area contributed by atoms with Crippen LogP contribution < -0.4 is 10.6 Å². The number of carbonyl (C=O) groups excluding carboxylic acids is 1. The third kappa shape index (κ3) is 2.74. The molecular weight excluding hydrogens is 288 g/mol. The highest BCUT2D eigenvalue weighted by Gasteiger charge is 2.43. The van der Waals surface area contributed by atoms with Gasteiger partial charge in [0.1, 0.15) is 0 Å². The van der Waals surface area contributed by atoms with Crippen LogP contribution in [0.25, 0.3) is 0 Å². The molecule has 2 heterocycles. The number of ether oxygens (including phenoxy) is 1. The molecule has 2 aliphatic heterocycles. The number of nitrogens with one attached hydrogen (secondary N) is 2. The van der Waals surface area contributed by atoms with E-state index >= 15 is 0 Å². The van der Waals surface area contributed by atoms with Crippen molar-refractivity contribution in [2.75, 3.05) is 0 Å². The molecule has 3 aliphatic rings. The standard InChI is InChI=1S/C16H19ClN2O2/c17-10-3-1-2-9(6-10)12-8-13(12)18-16(20)19-14-7-11-4-5-15(14)21-11/h1-3,6,11-15H,4-5,7-8H2,(H2,18,19,20)/t11-,12+,13-,14-,15-/m1/s1. The van der Waals surface area contributed by atoms with Gasteiger partial charge in [-0.1, -0.05) is 23.7 Å². The third-order valence-corrected chi connectivity index (χ3v) is 5.04. The number of amides is 2. The van der Waals surface area contributed by atoms with E-state index in [0.29, 0.717) is 12.0 Å². The molecule has 1 aromatic rings. The largest absolute Gasteiger partial charge is 0.373 e. The first-order valence-corrected chi connectivity index (χ1v) is 8.05. The van der Waals surface area contributed by atoms with Crippen molar-refractivity contribution < 1.29 is 9.53 Å². The van der Waals surface area contributed by atoms with Crippen LogP contribution in [-0.4, -0.2) is 30.3 Å². The van der Waals surface area contributed by atoms with Crippen LogP contribution in [0.4, 0.5) is 4.79 Å². The number of urea groups is 1. The fourth-order valence-electron chi connectivity index (χ4n) is 3.63. The maximum atomic E-state index is 12.1. The number of benzene rings is 1. The lowest BCUT2D eigenvalue weighted by Gasteiger charge is -2.20. The SMILES string of the molecule is O=C(N[C@@H]1C[C@H]2CC[C@H]1O2)N[C@@H]1C[C@H]1c1cccc(Cl)c1. The van der Waals surface area contributed by atoms with E-state index in [1.54, 1.807) is 0 Å². The summed E-state index contributed by atoms with van der Waals surface area (Å²) >= 11 is 6.01. The number of hydrogen-bond acceptors (Lipinski definition) is 2. The lowest BCUT2D eigenvalue weighted by Crippen LogP contribution is -2.47. The molecule has 0 unspecified atom stereocenters. The van der Waals surface area contributed by atoms with E-state index in [4.69, 9.17) is 16.3 Å². The van der Waals surface area contributed by atoms with Crippen LogP contribution in [0.3, 0.4) is 0 Å². The second-order valence-electron chi connectivity index (χ2n) is 6.34. The topological polar surface area (TPSA) is 50.4 Å². The summed E-state index contributed by atoms with van der Waals surface area (Å²) < 4.78 is 5.75. The fraction of sp³-hybridized carbons (Fsp3) is 0.562. The van der Waals surface area contributed by atoms with Crippen molar-refractivity contribution in [3.8, 4) is 0 Å². The molecule has 4 nitrogen and oxygen atoms in total. The van der Waals surface area contributed by atoms with Gasteiger partial charge in [0.25, 0.3) is 0 Å². The molecule has 0 aromatic heterocycles. The average molecular weight is 307 g/mol. The Morgan fingerprint density at radius 2 is 2.05 bits per heavy atom. The smallest absolute Gasteiger partial charge is 0.315 e. The van der Waals surface area contributed by atoms with Crippen molar-refractivity contribution in [1.82, 2.24) is 10.6 Å². The van der Waals surface area contributed by atoms with Crippen molar-refractivity contribution in [1.29, 1.82) is 0 Å².